The summed E-state index contributed by atoms with van der Waals surface area (Å²) in [5.41, 5.74) is -0.372. The number of nitrogens with zero attached hydrogens (tertiary/aromatic N) is 3. The maximum Gasteiger partial charge on any atom is 0.416 e. The van der Waals surface area contributed by atoms with E-state index in [1.54, 1.807) is 12.1 Å². The summed E-state index contributed by atoms with van der Waals surface area (Å²) in [7, 11) is 2.07. The molecule has 2 N–H and O–H groups in total. The van der Waals surface area contributed by atoms with Gasteiger partial charge in [0, 0.05) is 18.2 Å². The van der Waals surface area contributed by atoms with E-state index in [2.05, 4.69) is 27.5 Å². The van der Waals surface area contributed by atoms with Crippen molar-refractivity contribution in [2.24, 2.45) is 0 Å². The standard InChI is InChI=1S/C17H19F3N4O/c1-24-8-2-3-12(10-24)21-16-7-6-14(22-23-16)13-5-4-11(9-15(13)25)17(18,19)20/h4-7,9,12,25H,2-3,8,10H2,1H3,(H,21,23)/t12-/m1/s1. The number of aromatic nitrogens is 2. The Balaban J connectivity index is 1.74. The number of nitrogens with one attached hydrogen (secondary N) is 1. The Labute approximate surface area is 143 Å². The number of halogens is 3. The van der Waals surface area contributed by atoms with Gasteiger partial charge >= 0.3 is 6.18 Å². The highest BCUT2D eigenvalue weighted by atomic mass is 19.4. The lowest BCUT2D eigenvalue weighted by molar-refractivity contribution is -0.137. The molecule has 2 heterocycles. The second-order valence-electron chi connectivity index (χ2n) is 6.28. The SMILES string of the molecule is CN1CCC[C@@H](Nc2ccc(-c3ccc(C(F)(F)F)cc3O)nn2)C1. The first kappa shape index (κ1) is 17.5. The first-order valence-electron chi connectivity index (χ1n) is 8.02. The molecule has 0 bridgehead atoms. The van der Waals surface area contributed by atoms with Gasteiger partial charge in [0.25, 0.3) is 0 Å². The highest BCUT2D eigenvalue weighted by molar-refractivity contribution is 5.67. The van der Waals surface area contributed by atoms with Crippen molar-refractivity contribution in [3.63, 3.8) is 0 Å². The summed E-state index contributed by atoms with van der Waals surface area (Å²) in [5.74, 6) is 0.134. The Morgan fingerprint density at radius 1 is 1.20 bits per heavy atom. The number of rotatable bonds is 3. The molecule has 1 atom stereocenters. The van der Waals surface area contributed by atoms with Crippen molar-refractivity contribution < 1.29 is 18.3 Å². The first-order valence-corrected chi connectivity index (χ1v) is 8.02. The second-order valence-corrected chi connectivity index (χ2v) is 6.28. The lowest BCUT2D eigenvalue weighted by Gasteiger charge is -2.30. The summed E-state index contributed by atoms with van der Waals surface area (Å²) in [5, 5.41) is 21.3. The van der Waals surface area contributed by atoms with E-state index in [-0.39, 0.29) is 5.56 Å². The zero-order valence-electron chi connectivity index (χ0n) is 13.7. The van der Waals surface area contributed by atoms with Gasteiger partial charge in [-0.3, -0.25) is 0 Å². The number of phenolic OH excluding ortho intramolecular Hbond substituents is 1. The second kappa shape index (κ2) is 6.87. The number of benzene rings is 1. The molecular formula is C17H19F3N4O. The third kappa shape index (κ3) is 4.19. The minimum Gasteiger partial charge on any atom is -0.507 e. The molecule has 8 heteroatoms. The summed E-state index contributed by atoms with van der Waals surface area (Å²) in [6.07, 6.45) is -2.34. The smallest absolute Gasteiger partial charge is 0.416 e. The lowest BCUT2D eigenvalue weighted by atomic mass is 10.1. The lowest BCUT2D eigenvalue weighted by Crippen LogP contribution is -2.39. The van der Waals surface area contributed by atoms with Crippen LogP contribution in [-0.4, -0.2) is 46.4 Å². The van der Waals surface area contributed by atoms with Gasteiger partial charge in [0.15, 0.2) is 0 Å². The average molecular weight is 352 g/mol. The quantitative estimate of drug-likeness (QED) is 0.887. The number of likely N-dealkylation sites (N-methyl/N-ethyl adjacent to an activating group) is 1. The average Bonchev–Trinajstić information content (AvgIpc) is 2.55. The van der Waals surface area contributed by atoms with Gasteiger partial charge in [-0.05, 0) is 56.8 Å². The Bertz CT molecular complexity index is 734. The van der Waals surface area contributed by atoms with Crippen molar-refractivity contribution in [1.82, 2.24) is 15.1 Å². The van der Waals surface area contributed by atoms with E-state index >= 15 is 0 Å². The van der Waals surface area contributed by atoms with E-state index in [0.717, 1.165) is 32.0 Å². The highest BCUT2D eigenvalue weighted by Crippen LogP contribution is 2.35. The molecule has 1 saturated heterocycles. The molecule has 5 nitrogen and oxygen atoms in total. The summed E-state index contributed by atoms with van der Waals surface area (Å²) >= 11 is 0. The molecule has 134 valence electrons. The molecule has 1 aromatic carbocycles. The van der Waals surface area contributed by atoms with Gasteiger partial charge in [0.1, 0.15) is 11.6 Å². The van der Waals surface area contributed by atoms with E-state index in [0.29, 0.717) is 23.6 Å². The molecule has 1 aromatic heterocycles. The number of alkyl halides is 3. The number of aromatic hydroxyl groups is 1. The summed E-state index contributed by atoms with van der Waals surface area (Å²) < 4.78 is 38.0. The normalized spacial score (nSPS) is 19.0. The van der Waals surface area contributed by atoms with Crippen LogP contribution >= 0.6 is 0 Å². The van der Waals surface area contributed by atoms with Crippen LogP contribution in [0.2, 0.25) is 0 Å². The molecule has 0 radical (unpaired) electrons. The fourth-order valence-corrected chi connectivity index (χ4v) is 2.97. The van der Waals surface area contributed by atoms with Gasteiger partial charge in [-0.25, -0.2) is 0 Å². The Kier molecular flexibility index (Phi) is 4.80. The molecule has 2 aromatic rings. The number of piperidine rings is 1. The van der Waals surface area contributed by atoms with E-state index in [1.165, 1.54) is 6.07 Å². The van der Waals surface area contributed by atoms with Gasteiger partial charge in [0.05, 0.1) is 11.3 Å². The van der Waals surface area contributed by atoms with Crippen LogP contribution in [0, 0.1) is 0 Å². The van der Waals surface area contributed by atoms with Gasteiger partial charge in [-0.2, -0.15) is 13.2 Å². The molecule has 0 aliphatic carbocycles. The fourth-order valence-electron chi connectivity index (χ4n) is 2.97. The molecule has 1 aliphatic rings. The van der Waals surface area contributed by atoms with Gasteiger partial charge < -0.3 is 15.3 Å². The van der Waals surface area contributed by atoms with Crippen LogP contribution in [0.5, 0.6) is 5.75 Å². The van der Waals surface area contributed by atoms with Crippen molar-refractivity contribution in [3.05, 3.63) is 35.9 Å². The van der Waals surface area contributed by atoms with Crippen LogP contribution in [0.15, 0.2) is 30.3 Å². The number of hydrogen-bond acceptors (Lipinski definition) is 5. The third-order valence-electron chi connectivity index (χ3n) is 4.24. The van der Waals surface area contributed by atoms with Crippen LogP contribution in [0.25, 0.3) is 11.3 Å². The van der Waals surface area contributed by atoms with Crippen molar-refractivity contribution in [3.8, 4) is 17.0 Å². The molecule has 1 aliphatic heterocycles. The Morgan fingerprint density at radius 3 is 2.60 bits per heavy atom. The molecule has 0 unspecified atom stereocenters. The predicted molar refractivity (Wildman–Crippen MR) is 88.3 cm³/mol. The van der Waals surface area contributed by atoms with E-state index in [9.17, 15) is 18.3 Å². The van der Waals surface area contributed by atoms with Crippen LogP contribution in [0.4, 0.5) is 19.0 Å². The monoisotopic (exact) mass is 352 g/mol. The van der Waals surface area contributed by atoms with Crippen LogP contribution in [0.3, 0.4) is 0 Å². The topological polar surface area (TPSA) is 61.3 Å². The maximum atomic E-state index is 12.7. The summed E-state index contributed by atoms with van der Waals surface area (Å²) in [4.78, 5) is 2.24. The highest BCUT2D eigenvalue weighted by Gasteiger charge is 2.31. The maximum absolute atomic E-state index is 12.7. The van der Waals surface area contributed by atoms with E-state index in [1.807, 2.05) is 0 Å². The zero-order chi connectivity index (χ0) is 18.0. The van der Waals surface area contributed by atoms with Gasteiger partial charge in [-0.1, -0.05) is 0 Å². The molecule has 0 spiro atoms. The van der Waals surface area contributed by atoms with Gasteiger partial charge in [0.2, 0.25) is 0 Å². The fraction of sp³-hybridized carbons (Fsp3) is 0.412. The first-order chi connectivity index (χ1) is 11.8. The van der Waals surface area contributed by atoms with Crippen molar-refractivity contribution >= 4 is 5.82 Å². The number of hydrogen-bond donors (Lipinski definition) is 2. The molecule has 1 fully saturated rings. The van der Waals surface area contributed by atoms with Crippen LogP contribution < -0.4 is 5.32 Å². The molecule has 25 heavy (non-hydrogen) atoms. The van der Waals surface area contributed by atoms with Crippen molar-refractivity contribution in [2.75, 3.05) is 25.5 Å². The predicted octanol–water partition coefficient (Wildman–Crippen LogP) is 3.37. The largest absolute Gasteiger partial charge is 0.507 e. The Hall–Kier alpha value is -2.35. The minimum absolute atomic E-state index is 0.212. The molecule has 3 rings (SSSR count). The number of phenols is 1. The van der Waals surface area contributed by atoms with E-state index in [4.69, 9.17) is 0 Å². The van der Waals surface area contributed by atoms with Gasteiger partial charge in [-0.15, -0.1) is 10.2 Å². The van der Waals surface area contributed by atoms with Crippen LogP contribution in [-0.2, 0) is 6.18 Å². The zero-order valence-corrected chi connectivity index (χ0v) is 13.7. The molecule has 0 amide bonds. The van der Waals surface area contributed by atoms with Crippen LogP contribution in [0.1, 0.15) is 18.4 Å². The molecular weight excluding hydrogens is 333 g/mol. The Morgan fingerprint density at radius 2 is 2.00 bits per heavy atom. The van der Waals surface area contributed by atoms with E-state index < -0.39 is 17.5 Å². The molecule has 0 saturated carbocycles. The van der Waals surface area contributed by atoms with Crippen molar-refractivity contribution in [2.45, 2.75) is 25.1 Å². The summed E-state index contributed by atoms with van der Waals surface area (Å²) in [6, 6.07) is 6.45. The number of anilines is 1. The summed E-state index contributed by atoms with van der Waals surface area (Å²) in [6.45, 7) is 2.00. The van der Waals surface area contributed by atoms with Crippen molar-refractivity contribution in [1.29, 1.82) is 0 Å². The minimum atomic E-state index is -4.50. The number of likely N-dealkylation sites (tertiary alicyclic amines) is 1. The third-order valence-corrected chi connectivity index (χ3v) is 4.24.